The zero-order valence-electron chi connectivity index (χ0n) is 10.4. The second-order valence-electron chi connectivity index (χ2n) is 4.88. The summed E-state index contributed by atoms with van der Waals surface area (Å²) >= 11 is 0. The highest BCUT2D eigenvalue weighted by atomic mass is 16.5. The van der Waals surface area contributed by atoms with Gasteiger partial charge in [0.2, 0.25) is 5.91 Å². The van der Waals surface area contributed by atoms with Gasteiger partial charge in [-0.05, 0) is 24.7 Å². The first-order chi connectivity index (χ1) is 7.61. The van der Waals surface area contributed by atoms with Gasteiger partial charge in [-0.15, -0.1) is 0 Å². The van der Waals surface area contributed by atoms with Crippen molar-refractivity contribution >= 4 is 5.91 Å². The molecule has 1 saturated carbocycles. The molecule has 0 aromatic heterocycles. The van der Waals surface area contributed by atoms with Crippen molar-refractivity contribution in [2.45, 2.75) is 39.2 Å². The summed E-state index contributed by atoms with van der Waals surface area (Å²) in [6, 6.07) is 0.589. The molecule has 0 radical (unpaired) electrons. The van der Waals surface area contributed by atoms with Gasteiger partial charge in [-0.25, -0.2) is 0 Å². The summed E-state index contributed by atoms with van der Waals surface area (Å²) in [5.41, 5.74) is 4.98. The number of amides is 1. The number of ether oxygens (including phenoxy) is 1. The van der Waals surface area contributed by atoms with Crippen molar-refractivity contribution in [3.05, 3.63) is 0 Å². The van der Waals surface area contributed by atoms with Crippen LogP contribution < -0.4 is 11.1 Å². The van der Waals surface area contributed by atoms with Crippen LogP contribution in [0.4, 0.5) is 0 Å². The molecule has 2 unspecified atom stereocenters. The average molecular weight is 228 g/mol. The van der Waals surface area contributed by atoms with Crippen molar-refractivity contribution in [2.75, 3.05) is 19.8 Å². The molecule has 0 heterocycles. The van der Waals surface area contributed by atoms with Gasteiger partial charge in [-0.2, -0.15) is 0 Å². The molecule has 1 aliphatic rings. The lowest BCUT2D eigenvalue weighted by molar-refractivity contribution is -0.122. The first-order valence-corrected chi connectivity index (χ1v) is 6.20. The predicted octanol–water partition coefficient (Wildman–Crippen LogP) is 0.903. The Morgan fingerprint density at radius 3 is 2.56 bits per heavy atom. The highest BCUT2D eigenvalue weighted by Crippen LogP contribution is 2.28. The van der Waals surface area contributed by atoms with E-state index in [1.54, 1.807) is 0 Å². The van der Waals surface area contributed by atoms with Crippen molar-refractivity contribution in [3.8, 4) is 0 Å². The molecule has 4 nitrogen and oxygen atoms in total. The summed E-state index contributed by atoms with van der Waals surface area (Å²) < 4.78 is 5.12. The van der Waals surface area contributed by atoms with Crippen molar-refractivity contribution < 1.29 is 9.53 Å². The topological polar surface area (TPSA) is 64.3 Å². The number of primary amides is 1. The van der Waals surface area contributed by atoms with E-state index in [0.29, 0.717) is 12.6 Å². The molecule has 0 aromatic rings. The van der Waals surface area contributed by atoms with Gasteiger partial charge in [0, 0.05) is 12.6 Å². The zero-order chi connectivity index (χ0) is 12.0. The Balaban J connectivity index is 2.13. The largest absolute Gasteiger partial charge is 0.370 e. The van der Waals surface area contributed by atoms with E-state index in [4.69, 9.17) is 10.5 Å². The van der Waals surface area contributed by atoms with Gasteiger partial charge in [-0.1, -0.05) is 20.3 Å². The van der Waals surface area contributed by atoms with E-state index < -0.39 is 5.91 Å². The normalized spacial score (nSPS) is 30.2. The van der Waals surface area contributed by atoms with Gasteiger partial charge < -0.3 is 15.8 Å². The summed E-state index contributed by atoms with van der Waals surface area (Å²) in [5.74, 6) is 1.07. The molecule has 1 fully saturated rings. The maximum absolute atomic E-state index is 10.4. The second kappa shape index (κ2) is 6.86. The van der Waals surface area contributed by atoms with Crippen LogP contribution in [0.5, 0.6) is 0 Å². The summed E-state index contributed by atoms with van der Waals surface area (Å²) in [5, 5.41) is 3.52. The van der Waals surface area contributed by atoms with Gasteiger partial charge >= 0.3 is 0 Å². The van der Waals surface area contributed by atoms with Crippen molar-refractivity contribution in [3.63, 3.8) is 0 Å². The van der Waals surface area contributed by atoms with Gasteiger partial charge in [0.15, 0.2) is 0 Å². The summed E-state index contributed by atoms with van der Waals surface area (Å²) in [6.07, 6.45) is 3.97. The molecule has 16 heavy (non-hydrogen) atoms. The van der Waals surface area contributed by atoms with E-state index in [1.807, 2.05) is 0 Å². The lowest BCUT2D eigenvalue weighted by atomic mass is 9.79. The lowest BCUT2D eigenvalue weighted by Gasteiger charge is -2.35. The minimum atomic E-state index is -0.403. The fraction of sp³-hybridized carbons (Fsp3) is 0.917. The Morgan fingerprint density at radius 2 is 2.00 bits per heavy atom. The third-order valence-electron chi connectivity index (χ3n) is 3.42. The molecule has 0 bridgehead atoms. The lowest BCUT2D eigenvalue weighted by Crippen LogP contribution is -2.44. The van der Waals surface area contributed by atoms with E-state index in [1.165, 1.54) is 19.3 Å². The summed E-state index contributed by atoms with van der Waals surface area (Å²) in [7, 11) is 0. The van der Waals surface area contributed by atoms with Crippen LogP contribution in [0, 0.1) is 11.8 Å². The molecule has 3 N–H and O–H groups in total. The number of carbonyl (C=O) groups excluding carboxylic acids is 1. The van der Waals surface area contributed by atoms with E-state index in [0.717, 1.165) is 18.4 Å². The van der Waals surface area contributed by atoms with E-state index in [-0.39, 0.29) is 6.61 Å². The molecule has 0 spiro atoms. The van der Waals surface area contributed by atoms with Crippen LogP contribution >= 0.6 is 0 Å². The molecular weight excluding hydrogens is 204 g/mol. The van der Waals surface area contributed by atoms with Crippen molar-refractivity contribution in [1.29, 1.82) is 0 Å². The molecule has 0 aliphatic heterocycles. The Kier molecular flexibility index (Phi) is 5.77. The molecule has 4 heteroatoms. The quantitative estimate of drug-likeness (QED) is 0.664. The van der Waals surface area contributed by atoms with Crippen LogP contribution in [0.2, 0.25) is 0 Å². The number of nitrogens with one attached hydrogen (secondary N) is 1. The third kappa shape index (κ3) is 4.49. The molecule has 1 rings (SSSR count). The first-order valence-electron chi connectivity index (χ1n) is 6.20. The third-order valence-corrected chi connectivity index (χ3v) is 3.42. The average Bonchev–Trinajstić information content (AvgIpc) is 2.21. The van der Waals surface area contributed by atoms with Gasteiger partial charge in [0.25, 0.3) is 0 Å². The van der Waals surface area contributed by atoms with Gasteiger partial charge in [-0.3, -0.25) is 4.79 Å². The maximum atomic E-state index is 10.4. The van der Waals surface area contributed by atoms with Crippen molar-refractivity contribution in [1.82, 2.24) is 5.32 Å². The number of nitrogens with two attached hydrogens (primary N) is 1. The number of carbonyl (C=O) groups is 1. The Morgan fingerprint density at radius 1 is 1.38 bits per heavy atom. The Labute approximate surface area is 97.9 Å². The predicted molar refractivity (Wildman–Crippen MR) is 64.0 cm³/mol. The van der Waals surface area contributed by atoms with Crippen LogP contribution in [-0.2, 0) is 9.53 Å². The van der Waals surface area contributed by atoms with Crippen LogP contribution in [0.1, 0.15) is 33.1 Å². The SMILES string of the molecule is CC1CCCC(C)C1NCCOCC(N)=O. The zero-order valence-corrected chi connectivity index (χ0v) is 10.4. The Bertz CT molecular complexity index is 211. The van der Waals surface area contributed by atoms with E-state index in [9.17, 15) is 4.79 Å². The highest BCUT2D eigenvalue weighted by molar-refractivity contribution is 5.74. The Hall–Kier alpha value is -0.610. The molecule has 0 saturated heterocycles. The van der Waals surface area contributed by atoms with Crippen LogP contribution in [0.3, 0.4) is 0 Å². The monoisotopic (exact) mass is 228 g/mol. The first kappa shape index (κ1) is 13.5. The van der Waals surface area contributed by atoms with Gasteiger partial charge in [0.05, 0.1) is 6.61 Å². The molecule has 1 aliphatic carbocycles. The van der Waals surface area contributed by atoms with Crippen LogP contribution in [0.25, 0.3) is 0 Å². The van der Waals surface area contributed by atoms with Crippen LogP contribution in [0.15, 0.2) is 0 Å². The van der Waals surface area contributed by atoms with Crippen LogP contribution in [-0.4, -0.2) is 31.7 Å². The smallest absolute Gasteiger partial charge is 0.243 e. The van der Waals surface area contributed by atoms with E-state index >= 15 is 0 Å². The number of hydrogen-bond donors (Lipinski definition) is 2. The minimum Gasteiger partial charge on any atom is -0.370 e. The highest BCUT2D eigenvalue weighted by Gasteiger charge is 2.26. The summed E-state index contributed by atoms with van der Waals surface area (Å²) in [4.78, 5) is 10.4. The molecule has 1 amide bonds. The summed E-state index contributed by atoms with van der Waals surface area (Å²) in [6.45, 7) is 5.98. The van der Waals surface area contributed by atoms with E-state index in [2.05, 4.69) is 19.2 Å². The molecular formula is C12H24N2O2. The molecule has 0 aromatic carbocycles. The fourth-order valence-electron chi connectivity index (χ4n) is 2.55. The van der Waals surface area contributed by atoms with Crippen molar-refractivity contribution in [2.24, 2.45) is 17.6 Å². The maximum Gasteiger partial charge on any atom is 0.243 e. The fourth-order valence-corrected chi connectivity index (χ4v) is 2.55. The number of rotatable bonds is 6. The minimum absolute atomic E-state index is 0.0253. The second-order valence-corrected chi connectivity index (χ2v) is 4.88. The molecule has 2 atom stereocenters. The number of hydrogen-bond acceptors (Lipinski definition) is 3. The van der Waals surface area contributed by atoms with Gasteiger partial charge in [0.1, 0.15) is 6.61 Å². The molecule has 94 valence electrons. The standard InChI is InChI=1S/C12H24N2O2/c1-9-4-3-5-10(2)12(9)14-6-7-16-8-11(13)15/h9-10,12,14H,3-8H2,1-2H3,(H2,13,15).